The molecule has 0 aliphatic rings. The maximum absolute atomic E-state index is 10.7. The molecule has 0 saturated heterocycles. The van der Waals surface area contributed by atoms with Crippen molar-refractivity contribution in [2.45, 2.75) is 26.7 Å². The van der Waals surface area contributed by atoms with E-state index in [-0.39, 0.29) is 0 Å². The predicted molar refractivity (Wildman–Crippen MR) is 43.0 cm³/mol. The fraction of sp³-hybridized carbons (Fsp3) is 1.00. The first-order valence-corrected chi connectivity index (χ1v) is 5.23. The molecular formula is C7H16OS. The SMILES string of the molecule is CCC(CC)CS(C)=O. The standard InChI is InChI=1S/C7H16OS/c1-4-7(5-2)6-9(3)8/h7H,4-6H2,1-3H3. The van der Waals surface area contributed by atoms with Crippen LogP contribution in [0.25, 0.3) is 0 Å². The quantitative estimate of drug-likeness (QED) is 0.594. The van der Waals surface area contributed by atoms with Crippen LogP contribution in [0.5, 0.6) is 0 Å². The molecule has 0 aromatic rings. The van der Waals surface area contributed by atoms with E-state index in [0.717, 1.165) is 18.6 Å². The van der Waals surface area contributed by atoms with E-state index in [4.69, 9.17) is 0 Å². The summed E-state index contributed by atoms with van der Waals surface area (Å²) in [7, 11) is -0.595. The van der Waals surface area contributed by atoms with Crippen molar-refractivity contribution in [1.29, 1.82) is 0 Å². The van der Waals surface area contributed by atoms with Gasteiger partial charge >= 0.3 is 0 Å². The van der Waals surface area contributed by atoms with Crippen LogP contribution in [-0.4, -0.2) is 16.2 Å². The van der Waals surface area contributed by atoms with E-state index in [9.17, 15) is 4.21 Å². The van der Waals surface area contributed by atoms with Crippen LogP contribution in [0.2, 0.25) is 0 Å². The zero-order valence-corrected chi connectivity index (χ0v) is 7.33. The van der Waals surface area contributed by atoms with Gasteiger partial charge in [0.1, 0.15) is 0 Å². The third-order valence-corrected chi connectivity index (χ3v) is 2.57. The number of hydrogen-bond donors (Lipinski definition) is 0. The van der Waals surface area contributed by atoms with Crippen LogP contribution in [0.3, 0.4) is 0 Å². The van der Waals surface area contributed by atoms with Crippen LogP contribution < -0.4 is 0 Å². The van der Waals surface area contributed by atoms with E-state index in [1.165, 1.54) is 0 Å². The van der Waals surface area contributed by atoms with Gasteiger partial charge in [-0.3, -0.25) is 4.21 Å². The van der Waals surface area contributed by atoms with Gasteiger partial charge in [-0.1, -0.05) is 26.7 Å². The lowest BCUT2D eigenvalue weighted by Crippen LogP contribution is -2.07. The van der Waals surface area contributed by atoms with Crippen molar-refractivity contribution in [3.63, 3.8) is 0 Å². The molecule has 1 unspecified atom stereocenters. The molecule has 0 radical (unpaired) electrons. The molecule has 0 bridgehead atoms. The molecular weight excluding hydrogens is 132 g/mol. The fourth-order valence-electron chi connectivity index (χ4n) is 0.856. The molecule has 1 atom stereocenters. The van der Waals surface area contributed by atoms with Gasteiger partial charge in [-0.05, 0) is 5.92 Å². The minimum absolute atomic E-state index is 0.595. The van der Waals surface area contributed by atoms with E-state index in [1.54, 1.807) is 6.26 Å². The average molecular weight is 148 g/mol. The van der Waals surface area contributed by atoms with E-state index in [0.29, 0.717) is 5.92 Å². The van der Waals surface area contributed by atoms with Crippen LogP contribution in [0, 0.1) is 5.92 Å². The lowest BCUT2D eigenvalue weighted by molar-refractivity contribution is 0.545. The van der Waals surface area contributed by atoms with Gasteiger partial charge in [0.2, 0.25) is 0 Å². The molecule has 0 N–H and O–H groups in total. The summed E-state index contributed by atoms with van der Waals surface area (Å²) in [6.07, 6.45) is 4.10. The number of rotatable bonds is 4. The van der Waals surface area contributed by atoms with Crippen molar-refractivity contribution in [3.8, 4) is 0 Å². The Morgan fingerprint density at radius 2 is 1.78 bits per heavy atom. The van der Waals surface area contributed by atoms with Crippen LogP contribution in [0.15, 0.2) is 0 Å². The Hall–Kier alpha value is 0.150. The highest BCUT2D eigenvalue weighted by Gasteiger charge is 2.03. The summed E-state index contributed by atoms with van der Waals surface area (Å²) in [5.41, 5.74) is 0. The van der Waals surface area contributed by atoms with E-state index < -0.39 is 10.8 Å². The lowest BCUT2D eigenvalue weighted by Gasteiger charge is -2.08. The first kappa shape index (κ1) is 9.15. The zero-order valence-electron chi connectivity index (χ0n) is 6.52. The van der Waals surface area contributed by atoms with Gasteiger partial charge in [-0.15, -0.1) is 0 Å². The third kappa shape index (κ3) is 4.64. The van der Waals surface area contributed by atoms with Crippen molar-refractivity contribution in [2.24, 2.45) is 5.92 Å². The molecule has 0 fully saturated rings. The molecule has 2 heteroatoms. The predicted octanol–water partition coefficient (Wildman–Crippen LogP) is 1.80. The molecule has 0 aliphatic carbocycles. The minimum Gasteiger partial charge on any atom is -0.260 e. The van der Waals surface area contributed by atoms with E-state index >= 15 is 0 Å². The van der Waals surface area contributed by atoms with Crippen molar-refractivity contribution in [1.82, 2.24) is 0 Å². The molecule has 0 saturated carbocycles. The molecule has 9 heavy (non-hydrogen) atoms. The highest BCUT2D eigenvalue weighted by Crippen LogP contribution is 2.07. The van der Waals surface area contributed by atoms with Gasteiger partial charge in [-0.25, -0.2) is 0 Å². The summed E-state index contributed by atoms with van der Waals surface area (Å²) in [6.45, 7) is 4.31. The Bertz CT molecular complexity index is 86.9. The Morgan fingerprint density at radius 1 is 1.33 bits per heavy atom. The van der Waals surface area contributed by atoms with Gasteiger partial charge in [0.05, 0.1) is 0 Å². The topological polar surface area (TPSA) is 17.1 Å². The molecule has 1 nitrogen and oxygen atoms in total. The summed E-state index contributed by atoms with van der Waals surface area (Å²) < 4.78 is 10.7. The largest absolute Gasteiger partial charge is 0.260 e. The molecule has 0 heterocycles. The van der Waals surface area contributed by atoms with Gasteiger partial charge in [0, 0.05) is 22.8 Å². The highest BCUT2D eigenvalue weighted by atomic mass is 32.2. The first-order valence-electron chi connectivity index (χ1n) is 3.50. The molecule has 56 valence electrons. The average Bonchev–Trinajstić information content (AvgIpc) is 1.82. The Labute approximate surface area is 60.3 Å². The summed E-state index contributed by atoms with van der Waals surface area (Å²) in [5, 5.41) is 0. The first-order chi connectivity index (χ1) is 4.20. The maximum Gasteiger partial charge on any atom is 0.0260 e. The monoisotopic (exact) mass is 148 g/mol. The normalized spacial score (nSPS) is 14.2. The minimum atomic E-state index is -0.595. The van der Waals surface area contributed by atoms with Crippen LogP contribution in [0.4, 0.5) is 0 Å². The lowest BCUT2D eigenvalue weighted by atomic mass is 10.1. The Morgan fingerprint density at radius 3 is 1.89 bits per heavy atom. The molecule has 0 aliphatic heterocycles. The Balaban J connectivity index is 3.43. The highest BCUT2D eigenvalue weighted by molar-refractivity contribution is 7.84. The molecule has 0 aromatic carbocycles. The second kappa shape index (κ2) is 4.98. The molecule has 0 spiro atoms. The summed E-state index contributed by atoms with van der Waals surface area (Å²) in [4.78, 5) is 0. The van der Waals surface area contributed by atoms with Crippen LogP contribution >= 0.6 is 0 Å². The third-order valence-electron chi connectivity index (χ3n) is 1.63. The molecule has 0 aromatic heterocycles. The van der Waals surface area contributed by atoms with E-state index in [1.807, 2.05) is 0 Å². The second-order valence-corrected chi connectivity index (χ2v) is 3.90. The summed E-state index contributed by atoms with van der Waals surface area (Å²) in [6, 6.07) is 0. The van der Waals surface area contributed by atoms with Crippen molar-refractivity contribution in [3.05, 3.63) is 0 Å². The maximum atomic E-state index is 10.7. The Kier molecular flexibility index (Phi) is 5.06. The van der Waals surface area contributed by atoms with Crippen LogP contribution in [0.1, 0.15) is 26.7 Å². The number of hydrogen-bond acceptors (Lipinski definition) is 1. The van der Waals surface area contributed by atoms with Gasteiger partial charge in [-0.2, -0.15) is 0 Å². The van der Waals surface area contributed by atoms with Crippen LogP contribution in [-0.2, 0) is 10.8 Å². The van der Waals surface area contributed by atoms with Crippen molar-refractivity contribution < 1.29 is 4.21 Å². The second-order valence-electron chi connectivity index (χ2n) is 2.42. The molecule has 0 amide bonds. The van der Waals surface area contributed by atoms with Gasteiger partial charge in [0.25, 0.3) is 0 Å². The fourth-order valence-corrected chi connectivity index (χ4v) is 1.99. The van der Waals surface area contributed by atoms with Crippen molar-refractivity contribution in [2.75, 3.05) is 12.0 Å². The van der Waals surface area contributed by atoms with Gasteiger partial charge in [0.15, 0.2) is 0 Å². The summed E-state index contributed by atoms with van der Waals surface area (Å²) >= 11 is 0. The van der Waals surface area contributed by atoms with Crippen molar-refractivity contribution >= 4 is 10.8 Å². The zero-order chi connectivity index (χ0) is 7.28. The van der Waals surface area contributed by atoms with Gasteiger partial charge < -0.3 is 0 Å². The van der Waals surface area contributed by atoms with E-state index in [2.05, 4.69) is 13.8 Å². The molecule has 0 rings (SSSR count). The smallest absolute Gasteiger partial charge is 0.0260 e. The summed E-state index contributed by atoms with van der Waals surface area (Å²) in [5.74, 6) is 1.56.